The number of carbonyl (C=O) groups excluding carboxylic acids is 5. The monoisotopic (exact) mass is 758 g/mol. The zero-order valence-corrected chi connectivity index (χ0v) is 32.9. The molecule has 0 bridgehead atoms. The number of carboxylic acids is 1. The van der Waals surface area contributed by atoms with Gasteiger partial charge in [-0.25, -0.2) is 9.59 Å². The molecule has 2 aromatic rings. The second-order valence-electron chi connectivity index (χ2n) is 15.9. The number of ketones is 2. The lowest BCUT2D eigenvalue weighted by atomic mass is 9.47. The van der Waals surface area contributed by atoms with E-state index >= 15 is 0 Å². The Hall–Kier alpha value is -5.26. The van der Waals surface area contributed by atoms with E-state index in [9.17, 15) is 44.1 Å². The number of aromatic hydroxyl groups is 2. The molecule has 6 rings (SSSR count). The van der Waals surface area contributed by atoms with E-state index in [2.05, 4.69) is 26.8 Å². The molecule has 2 aromatic carbocycles. The van der Waals surface area contributed by atoms with Crippen LogP contribution in [0, 0.1) is 49.4 Å². The molecular formula is C43H50O12. The van der Waals surface area contributed by atoms with E-state index in [0.717, 1.165) is 25.7 Å². The van der Waals surface area contributed by atoms with E-state index in [1.165, 1.54) is 58.1 Å². The summed E-state index contributed by atoms with van der Waals surface area (Å²) in [4.78, 5) is 72.0. The molecule has 0 amide bonds. The molecule has 2 saturated carbocycles. The molecule has 3 N–H and O–H groups in total. The molecule has 0 aliphatic heterocycles. The molecule has 12 nitrogen and oxygen atoms in total. The number of aryl methyl sites for hydroxylation is 2. The first kappa shape index (κ1) is 40.9. The van der Waals surface area contributed by atoms with Gasteiger partial charge < -0.3 is 29.5 Å². The standard InChI is InChI=1S/C24H32O4.C19H18O8/c1-14-12-18-19(22(4)9-6-17(27)13-21(14)22)7-10-23(5)20(18)8-11-24(23,15(2)25)28-16(3)26;1-8-5-13(26-4)11(7-20)17(22)14(8)19(25)27-12-6-9(2)16(21)15(10(12)3)18(23)24/h12-13,18-20H,6-11H2,1-5H3;5-7,21-22H,1-4H3,(H,23,24). The van der Waals surface area contributed by atoms with Gasteiger partial charge in [0.15, 0.2) is 23.5 Å². The fourth-order valence-electron chi connectivity index (χ4n) is 10.2. The van der Waals surface area contributed by atoms with Gasteiger partial charge in [0.2, 0.25) is 0 Å². The number of aromatic carboxylic acids is 1. The maximum atomic E-state index is 12.8. The van der Waals surface area contributed by atoms with Crippen molar-refractivity contribution in [3.63, 3.8) is 0 Å². The number of methoxy groups -OCH3 is 1. The Bertz CT molecular complexity index is 2070. The number of rotatable bonds is 7. The zero-order valence-electron chi connectivity index (χ0n) is 32.9. The molecule has 4 aliphatic rings. The van der Waals surface area contributed by atoms with Crippen molar-refractivity contribution in [3.8, 4) is 23.0 Å². The fraction of sp³-hybridized carbons (Fsp3) is 0.488. The molecule has 0 saturated heterocycles. The molecular weight excluding hydrogens is 708 g/mol. The van der Waals surface area contributed by atoms with Gasteiger partial charge in [0.05, 0.1) is 12.7 Å². The van der Waals surface area contributed by atoms with Crippen LogP contribution in [0.2, 0.25) is 0 Å². The molecule has 12 heteroatoms. The summed E-state index contributed by atoms with van der Waals surface area (Å²) in [5.74, 6) is -2.35. The van der Waals surface area contributed by atoms with Gasteiger partial charge in [-0.05, 0) is 125 Å². The van der Waals surface area contributed by atoms with E-state index in [4.69, 9.17) is 14.2 Å². The summed E-state index contributed by atoms with van der Waals surface area (Å²) in [5.41, 5.74) is 0.846. The Morgan fingerprint density at radius 1 is 0.873 bits per heavy atom. The second-order valence-corrected chi connectivity index (χ2v) is 15.9. The van der Waals surface area contributed by atoms with Gasteiger partial charge >= 0.3 is 17.9 Å². The number of ether oxygens (including phenoxy) is 3. The summed E-state index contributed by atoms with van der Waals surface area (Å²) in [6.07, 6.45) is 9.55. The van der Waals surface area contributed by atoms with Crippen molar-refractivity contribution >= 4 is 35.8 Å². The lowest BCUT2D eigenvalue weighted by molar-refractivity contribution is -0.185. The molecule has 0 heterocycles. The van der Waals surface area contributed by atoms with Crippen LogP contribution >= 0.6 is 0 Å². The van der Waals surface area contributed by atoms with E-state index < -0.39 is 29.0 Å². The maximum Gasteiger partial charge on any atom is 0.347 e. The molecule has 6 atom stereocenters. The topological polar surface area (TPSA) is 191 Å². The van der Waals surface area contributed by atoms with Crippen LogP contribution in [0.1, 0.15) is 121 Å². The number of carbonyl (C=O) groups is 6. The smallest absolute Gasteiger partial charge is 0.347 e. The van der Waals surface area contributed by atoms with Gasteiger partial charge in [0.1, 0.15) is 34.1 Å². The van der Waals surface area contributed by atoms with Crippen LogP contribution in [-0.4, -0.2) is 63.8 Å². The summed E-state index contributed by atoms with van der Waals surface area (Å²) >= 11 is 0. The first-order valence-electron chi connectivity index (χ1n) is 18.5. The number of phenolic OH excluding ortho intramolecular Hbond substituents is 1. The number of aldehydes is 1. The predicted octanol–water partition coefficient (Wildman–Crippen LogP) is 7.34. The molecule has 6 unspecified atom stereocenters. The molecule has 0 spiro atoms. The highest BCUT2D eigenvalue weighted by atomic mass is 16.6. The number of allylic oxidation sites excluding steroid dienone is 4. The van der Waals surface area contributed by atoms with Crippen molar-refractivity contribution in [2.24, 2.45) is 28.6 Å². The van der Waals surface area contributed by atoms with Crippen molar-refractivity contribution < 1.29 is 58.3 Å². The van der Waals surface area contributed by atoms with Crippen molar-refractivity contribution in [1.29, 1.82) is 0 Å². The summed E-state index contributed by atoms with van der Waals surface area (Å²) in [7, 11) is 1.31. The van der Waals surface area contributed by atoms with Crippen LogP contribution in [0.25, 0.3) is 0 Å². The van der Waals surface area contributed by atoms with E-state index in [-0.39, 0.29) is 67.7 Å². The number of carboxylic acid groups (broad SMARTS) is 1. The number of hydrogen-bond acceptors (Lipinski definition) is 11. The number of Topliss-reactive ketones (excluding diaryl/α,β-unsaturated/α-hetero) is 1. The van der Waals surface area contributed by atoms with Crippen molar-refractivity contribution in [2.45, 2.75) is 99.5 Å². The van der Waals surface area contributed by atoms with Crippen LogP contribution in [0.4, 0.5) is 0 Å². The van der Waals surface area contributed by atoms with Crippen molar-refractivity contribution in [2.75, 3.05) is 7.11 Å². The Morgan fingerprint density at radius 3 is 2.09 bits per heavy atom. The van der Waals surface area contributed by atoms with E-state index in [1.54, 1.807) is 6.92 Å². The number of benzene rings is 2. The highest BCUT2D eigenvalue weighted by Gasteiger charge is 2.67. The van der Waals surface area contributed by atoms with Gasteiger partial charge in [-0.1, -0.05) is 25.5 Å². The van der Waals surface area contributed by atoms with Crippen molar-refractivity contribution in [1.82, 2.24) is 0 Å². The summed E-state index contributed by atoms with van der Waals surface area (Å²) < 4.78 is 16.1. The van der Waals surface area contributed by atoms with Crippen molar-refractivity contribution in [3.05, 3.63) is 68.8 Å². The molecule has 55 heavy (non-hydrogen) atoms. The van der Waals surface area contributed by atoms with Gasteiger partial charge in [-0.3, -0.25) is 19.2 Å². The quantitative estimate of drug-likeness (QED) is 0.145. The number of esters is 2. The third kappa shape index (κ3) is 6.63. The molecule has 0 aromatic heterocycles. The number of phenols is 2. The fourth-order valence-corrected chi connectivity index (χ4v) is 10.2. The van der Waals surface area contributed by atoms with E-state index in [0.29, 0.717) is 42.4 Å². The SMILES string of the molecule is CC(=O)OC1(C(C)=O)CCC2C3C=C(C)C4=CC(=O)CCC4(C)C3CCC21C.COc1cc(C)c(C(=O)Oc2cc(C)c(O)c(C(=O)O)c2C)c(O)c1C=O. The van der Waals surface area contributed by atoms with Crippen LogP contribution < -0.4 is 9.47 Å². The molecule has 2 fully saturated rings. The van der Waals surface area contributed by atoms with Crippen LogP contribution in [0.15, 0.2) is 35.4 Å². The average Bonchev–Trinajstić information content (AvgIpc) is 3.40. The lowest BCUT2D eigenvalue weighted by Gasteiger charge is -2.58. The van der Waals surface area contributed by atoms with Crippen LogP contribution in [0.3, 0.4) is 0 Å². The normalized spacial score (nSPS) is 27.8. The molecule has 4 aliphatic carbocycles. The van der Waals surface area contributed by atoms with Crippen LogP contribution in [0.5, 0.6) is 23.0 Å². The second kappa shape index (κ2) is 14.8. The lowest BCUT2D eigenvalue weighted by Crippen LogP contribution is -2.58. The average molecular weight is 759 g/mol. The molecule has 0 radical (unpaired) electrons. The predicted molar refractivity (Wildman–Crippen MR) is 201 cm³/mol. The van der Waals surface area contributed by atoms with E-state index in [1.807, 2.05) is 6.08 Å². The Labute approximate surface area is 320 Å². The summed E-state index contributed by atoms with van der Waals surface area (Å²) in [5, 5.41) is 29.5. The minimum Gasteiger partial charge on any atom is -0.507 e. The third-order valence-corrected chi connectivity index (χ3v) is 13.0. The number of hydrogen-bond donors (Lipinski definition) is 3. The van der Waals surface area contributed by atoms with Gasteiger partial charge in [-0.2, -0.15) is 0 Å². The Kier molecular flexibility index (Phi) is 11.0. The highest BCUT2D eigenvalue weighted by Crippen LogP contribution is 2.68. The first-order chi connectivity index (χ1) is 25.7. The number of fused-ring (bicyclic) bond motifs is 5. The first-order valence-corrected chi connectivity index (χ1v) is 18.5. The Morgan fingerprint density at radius 2 is 1.51 bits per heavy atom. The minimum atomic E-state index is -1.38. The minimum absolute atomic E-state index is 0.0160. The Balaban J connectivity index is 0.000000211. The highest BCUT2D eigenvalue weighted by molar-refractivity contribution is 6.01. The maximum absolute atomic E-state index is 12.8. The van der Waals surface area contributed by atoms with Crippen LogP contribution in [-0.2, 0) is 19.1 Å². The molecule has 294 valence electrons. The zero-order chi connectivity index (χ0) is 40.9. The third-order valence-electron chi connectivity index (χ3n) is 13.0. The largest absolute Gasteiger partial charge is 0.507 e. The van der Waals surface area contributed by atoms with Gasteiger partial charge in [-0.15, -0.1) is 0 Å². The van der Waals surface area contributed by atoms with Gasteiger partial charge in [0, 0.05) is 24.3 Å². The summed E-state index contributed by atoms with van der Waals surface area (Å²) in [6, 6.07) is 2.71. The summed E-state index contributed by atoms with van der Waals surface area (Å²) in [6.45, 7) is 14.0. The van der Waals surface area contributed by atoms with Gasteiger partial charge in [0.25, 0.3) is 0 Å².